The maximum atomic E-state index is 14.2. The fraction of sp³-hybridized carbons (Fsp3) is 0.114. The minimum absolute atomic E-state index is 0.0637. The Labute approximate surface area is 332 Å². The Hall–Kier alpha value is -6.04. The third-order valence-electron chi connectivity index (χ3n) is 8.32. The van der Waals surface area contributed by atoms with Crippen molar-refractivity contribution in [2.75, 3.05) is 5.75 Å². The van der Waals surface area contributed by atoms with Crippen LogP contribution in [0, 0.1) is 0 Å². The van der Waals surface area contributed by atoms with E-state index in [1.165, 1.54) is 23.1 Å². The van der Waals surface area contributed by atoms with Gasteiger partial charge in [-0.3, -0.25) is 19.3 Å². The van der Waals surface area contributed by atoms with E-state index in [0.29, 0.717) is 27.9 Å². The smallest absolute Gasteiger partial charge is 0.335 e. The molecule has 4 aromatic rings. The molecule has 278 valence electrons. The molecule has 5 rings (SSSR count). The van der Waals surface area contributed by atoms with Crippen molar-refractivity contribution >= 4 is 62.6 Å². The highest BCUT2D eigenvalue weighted by molar-refractivity contribution is 9.10. The number of carbonyl (C=O) groups excluding carboxylic acids is 3. The van der Waals surface area contributed by atoms with Crippen molar-refractivity contribution in [3.8, 4) is 5.75 Å². The van der Waals surface area contributed by atoms with Gasteiger partial charge in [0, 0.05) is 5.70 Å². The van der Waals surface area contributed by atoms with Crippen LogP contribution < -0.4 is 10.1 Å². The molecule has 0 spiro atoms. The van der Waals surface area contributed by atoms with Crippen molar-refractivity contribution in [2.45, 2.75) is 26.0 Å². The fourth-order valence-electron chi connectivity index (χ4n) is 5.68. The topological polar surface area (TPSA) is 125 Å². The average molecular weight is 817 g/mol. The standard InChI is InChI=1S/C44H38BrN3O6S/c1-4-7-19-35(6-3)48-42(51)36(25-30-24-34(14-5-2)40(37(45)26-30)54-27-29-20-22-33(23-21-29)43(52)53)41(50)47-44(48)55-28-38(49)46-39(31-15-10-8-11-16-31)32-17-12-9-13-18-32/h4-13,15-26,39H,1-2,14,27-28H2,3H3,(H,46,49)(H,52,53)/b19-7-,35-6+,36-25+. The van der Waals surface area contributed by atoms with Crippen molar-refractivity contribution < 1.29 is 29.0 Å². The van der Waals surface area contributed by atoms with Gasteiger partial charge in [-0.15, -0.1) is 6.58 Å². The second kappa shape index (κ2) is 19.3. The molecule has 3 amide bonds. The number of hydrogen-bond acceptors (Lipinski definition) is 6. The van der Waals surface area contributed by atoms with Crippen LogP contribution in [0.2, 0.25) is 0 Å². The molecule has 0 unspecified atom stereocenters. The Morgan fingerprint density at radius 1 is 0.982 bits per heavy atom. The molecule has 11 heteroatoms. The SMILES string of the molecule is C=C/C=C\C(=C/C)N1C(=O)/C(=C/c2cc(Br)c(OCc3ccc(C(=O)O)cc3)c(CC=C)c2)C(=O)N=C1SCC(=O)NC(c1ccccc1)c1ccccc1. The van der Waals surface area contributed by atoms with Crippen LogP contribution in [-0.2, 0) is 27.4 Å². The van der Waals surface area contributed by atoms with Gasteiger partial charge in [0.05, 0.1) is 21.8 Å². The van der Waals surface area contributed by atoms with Gasteiger partial charge in [-0.1, -0.05) is 115 Å². The molecule has 2 N–H and O–H groups in total. The van der Waals surface area contributed by atoms with Crippen molar-refractivity contribution in [3.63, 3.8) is 0 Å². The maximum Gasteiger partial charge on any atom is 0.335 e. The number of aromatic carboxylic acids is 1. The highest BCUT2D eigenvalue weighted by Gasteiger charge is 2.35. The number of allylic oxidation sites excluding steroid dienone is 5. The second-order valence-electron chi connectivity index (χ2n) is 12.1. The summed E-state index contributed by atoms with van der Waals surface area (Å²) in [6.07, 6.45) is 10.2. The van der Waals surface area contributed by atoms with Crippen LogP contribution in [-0.4, -0.2) is 44.6 Å². The Morgan fingerprint density at radius 3 is 2.22 bits per heavy atom. The number of carboxylic acids is 1. The largest absolute Gasteiger partial charge is 0.487 e. The normalized spacial score (nSPS) is 13.9. The monoisotopic (exact) mass is 815 g/mol. The Balaban J connectivity index is 1.41. The van der Waals surface area contributed by atoms with E-state index in [0.717, 1.165) is 34.0 Å². The number of nitrogens with zero attached hydrogens (tertiary/aromatic N) is 2. The summed E-state index contributed by atoms with van der Waals surface area (Å²) in [4.78, 5) is 58.2. The Bertz CT molecular complexity index is 2170. The van der Waals surface area contributed by atoms with Crippen LogP contribution >= 0.6 is 27.7 Å². The third-order valence-corrected chi connectivity index (χ3v) is 9.84. The molecule has 55 heavy (non-hydrogen) atoms. The van der Waals surface area contributed by atoms with E-state index in [-0.39, 0.29) is 34.6 Å². The van der Waals surface area contributed by atoms with Crippen LogP contribution in [0.3, 0.4) is 0 Å². The molecule has 1 aliphatic heterocycles. The lowest BCUT2D eigenvalue weighted by atomic mass is 9.99. The molecular weight excluding hydrogens is 778 g/mol. The van der Waals surface area contributed by atoms with E-state index in [1.54, 1.807) is 61.6 Å². The highest BCUT2D eigenvalue weighted by Crippen LogP contribution is 2.34. The lowest BCUT2D eigenvalue weighted by Crippen LogP contribution is -2.42. The molecule has 0 atom stereocenters. The van der Waals surface area contributed by atoms with Gasteiger partial charge in [-0.25, -0.2) is 4.79 Å². The zero-order chi connectivity index (χ0) is 39.3. The zero-order valence-electron chi connectivity index (χ0n) is 30.0. The number of nitrogens with one attached hydrogen (secondary N) is 1. The highest BCUT2D eigenvalue weighted by atomic mass is 79.9. The molecule has 9 nitrogen and oxygen atoms in total. The van der Waals surface area contributed by atoms with Crippen LogP contribution in [0.25, 0.3) is 6.08 Å². The number of carboxylic acid groups (broad SMARTS) is 1. The van der Waals surface area contributed by atoms with Gasteiger partial charge in [0.2, 0.25) is 5.91 Å². The Morgan fingerprint density at radius 2 is 1.64 bits per heavy atom. The van der Waals surface area contributed by atoms with Gasteiger partial charge < -0.3 is 15.2 Å². The summed E-state index contributed by atoms with van der Waals surface area (Å²) in [6, 6.07) is 28.7. The number of hydrogen-bond donors (Lipinski definition) is 2. The molecule has 0 saturated carbocycles. The molecule has 4 aromatic carbocycles. The number of amides is 3. The van der Waals surface area contributed by atoms with Gasteiger partial charge in [-0.2, -0.15) is 4.99 Å². The van der Waals surface area contributed by atoms with Crippen molar-refractivity contribution in [3.05, 3.63) is 190 Å². The lowest BCUT2D eigenvalue weighted by molar-refractivity contribution is -0.126. The maximum absolute atomic E-state index is 14.2. The van der Waals surface area contributed by atoms with E-state index in [1.807, 2.05) is 60.7 Å². The number of amidine groups is 1. The molecule has 0 aliphatic carbocycles. The number of benzene rings is 4. The molecule has 0 fully saturated rings. The van der Waals surface area contributed by atoms with Gasteiger partial charge in [0.15, 0.2) is 5.17 Å². The summed E-state index contributed by atoms with van der Waals surface area (Å²) in [5.74, 6) is -2.26. The van der Waals surface area contributed by atoms with Crippen molar-refractivity contribution in [1.82, 2.24) is 10.2 Å². The first kappa shape index (κ1) is 40.2. The quantitative estimate of drug-likeness (QED) is 0.0532. The van der Waals surface area contributed by atoms with E-state index in [4.69, 9.17) is 4.74 Å². The summed E-state index contributed by atoms with van der Waals surface area (Å²) < 4.78 is 6.72. The number of rotatable bonds is 15. The van der Waals surface area contributed by atoms with Gasteiger partial charge >= 0.3 is 5.97 Å². The van der Waals surface area contributed by atoms with E-state index < -0.39 is 23.8 Å². The summed E-state index contributed by atoms with van der Waals surface area (Å²) in [6.45, 7) is 9.53. The number of ether oxygens (including phenoxy) is 1. The molecule has 0 radical (unpaired) electrons. The fourth-order valence-corrected chi connectivity index (χ4v) is 7.13. The van der Waals surface area contributed by atoms with Crippen LogP contribution in [0.15, 0.2) is 161 Å². The van der Waals surface area contributed by atoms with Crippen molar-refractivity contribution in [2.24, 2.45) is 4.99 Å². The van der Waals surface area contributed by atoms with E-state index in [2.05, 4.69) is 39.4 Å². The molecule has 1 aliphatic rings. The molecule has 0 aromatic heterocycles. The summed E-state index contributed by atoms with van der Waals surface area (Å²) in [5, 5.41) is 12.4. The Kier molecular flexibility index (Phi) is 14.1. The van der Waals surface area contributed by atoms with E-state index in [9.17, 15) is 24.3 Å². The van der Waals surface area contributed by atoms with Gasteiger partial charge in [0.1, 0.15) is 17.9 Å². The summed E-state index contributed by atoms with van der Waals surface area (Å²) >= 11 is 4.58. The second-order valence-corrected chi connectivity index (χ2v) is 13.9. The lowest BCUT2D eigenvalue weighted by Gasteiger charge is -2.28. The number of halogens is 1. The predicted molar refractivity (Wildman–Crippen MR) is 221 cm³/mol. The predicted octanol–water partition coefficient (Wildman–Crippen LogP) is 8.85. The minimum atomic E-state index is -1.01. The van der Waals surface area contributed by atoms with Crippen LogP contribution in [0.5, 0.6) is 5.75 Å². The first-order chi connectivity index (χ1) is 26.6. The zero-order valence-corrected chi connectivity index (χ0v) is 32.4. The third kappa shape index (κ3) is 10.3. The number of carbonyl (C=O) groups is 4. The molecule has 1 heterocycles. The van der Waals surface area contributed by atoms with Crippen LogP contribution in [0.4, 0.5) is 0 Å². The van der Waals surface area contributed by atoms with Gasteiger partial charge in [0.25, 0.3) is 11.8 Å². The average Bonchev–Trinajstić information content (AvgIpc) is 3.19. The molecular formula is C44H38BrN3O6S. The number of aliphatic imine (C=N–C) groups is 1. The number of thioether (sulfide) groups is 1. The summed E-state index contributed by atoms with van der Waals surface area (Å²) in [7, 11) is 0. The van der Waals surface area contributed by atoms with Crippen LogP contribution in [0.1, 0.15) is 51.1 Å². The molecule has 0 saturated heterocycles. The summed E-state index contributed by atoms with van der Waals surface area (Å²) in [5.41, 5.74) is 4.31. The molecule has 0 bridgehead atoms. The first-order valence-electron chi connectivity index (χ1n) is 17.2. The van der Waals surface area contributed by atoms with E-state index >= 15 is 0 Å². The first-order valence-corrected chi connectivity index (χ1v) is 19.0. The minimum Gasteiger partial charge on any atom is -0.487 e. The van der Waals surface area contributed by atoms with Gasteiger partial charge in [-0.05, 0) is 93.5 Å². The van der Waals surface area contributed by atoms with Crippen molar-refractivity contribution in [1.29, 1.82) is 0 Å².